The summed E-state index contributed by atoms with van der Waals surface area (Å²) in [6.07, 6.45) is 3.30. The van der Waals surface area contributed by atoms with Crippen LogP contribution in [-0.2, 0) is 18.9 Å². The van der Waals surface area contributed by atoms with E-state index >= 15 is 0 Å². The summed E-state index contributed by atoms with van der Waals surface area (Å²) in [4.78, 5) is 39.6. The third kappa shape index (κ3) is 4.26. The normalized spacial score (nSPS) is 13.9. The molecule has 4 rings (SSSR count). The number of benzene rings is 2. The van der Waals surface area contributed by atoms with Crippen LogP contribution in [0.3, 0.4) is 0 Å². The molecule has 168 valence electrons. The minimum atomic E-state index is -0.606. The van der Waals surface area contributed by atoms with E-state index in [9.17, 15) is 14.4 Å². The van der Waals surface area contributed by atoms with Crippen molar-refractivity contribution in [1.29, 1.82) is 0 Å². The lowest BCUT2D eigenvalue weighted by molar-refractivity contribution is -0.118. The van der Waals surface area contributed by atoms with Crippen LogP contribution < -0.4 is 26.1 Å². The Labute approximate surface area is 186 Å². The highest BCUT2D eigenvalue weighted by Crippen LogP contribution is 2.32. The number of hydrogen-bond donors (Lipinski definition) is 1. The molecule has 0 aliphatic carbocycles. The highest BCUT2D eigenvalue weighted by Gasteiger charge is 2.20. The summed E-state index contributed by atoms with van der Waals surface area (Å²) in [5, 5.41) is 2.95. The summed E-state index contributed by atoms with van der Waals surface area (Å²) in [5.41, 5.74) is 2.60. The molecule has 1 fully saturated rings. The molecule has 0 unspecified atom stereocenters. The second kappa shape index (κ2) is 8.90. The van der Waals surface area contributed by atoms with E-state index in [1.807, 2.05) is 37.3 Å². The van der Waals surface area contributed by atoms with Crippen LogP contribution >= 0.6 is 0 Å². The summed E-state index contributed by atoms with van der Waals surface area (Å²) in [7, 11) is 3.17. The largest absolute Gasteiger partial charge is 0.484 e. The van der Waals surface area contributed by atoms with Gasteiger partial charge in [0.1, 0.15) is 5.75 Å². The molecular weight excluding hydrogens is 408 g/mol. The first-order chi connectivity index (χ1) is 15.3. The maximum absolute atomic E-state index is 12.7. The van der Waals surface area contributed by atoms with Gasteiger partial charge >= 0.3 is 11.1 Å². The Balaban J connectivity index is 1.69. The molecule has 0 saturated carbocycles. The second-order valence-electron chi connectivity index (χ2n) is 8.28. The lowest BCUT2D eigenvalue weighted by atomic mass is 10.1. The minimum absolute atomic E-state index is 0.132. The fraction of sp³-hybridized carbons (Fsp3) is 0.375. The Morgan fingerprint density at radius 3 is 2.16 bits per heavy atom. The molecule has 0 bridgehead atoms. The summed E-state index contributed by atoms with van der Waals surface area (Å²) in [6, 6.07) is 11.2. The van der Waals surface area contributed by atoms with Crippen LogP contribution in [-0.4, -0.2) is 34.7 Å². The first-order valence-electron chi connectivity index (χ1n) is 10.8. The zero-order valence-electron chi connectivity index (χ0n) is 18.7. The Bertz CT molecular complexity index is 1270. The third-order valence-electron chi connectivity index (χ3n) is 5.97. The second-order valence-corrected chi connectivity index (χ2v) is 8.28. The number of carbonyl (C=O) groups excluding carboxylic acids is 1. The number of carbonyl (C=O) groups is 1. The molecule has 1 saturated heterocycles. The monoisotopic (exact) mass is 436 g/mol. The number of anilines is 2. The van der Waals surface area contributed by atoms with Crippen LogP contribution in [0.5, 0.6) is 5.75 Å². The van der Waals surface area contributed by atoms with E-state index < -0.39 is 11.1 Å². The zero-order chi connectivity index (χ0) is 22.8. The van der Waals surface area contributed by atoms with Crippen LogP contribution in [0, 0.1) is 6.92 Å². The quantitative estimate of drug-likeness (QED) is 0.622. The predicted octanol–water partition coefficient (Wildman–Crippen LogP) is 2.55. The molecular formula is C24H28N4O4. The van der Waals surface area contributed by atoms with Crippen molar-refractivity contribution in [1.82, 2.24) is 9.13 Å². The zero-order valence-corrected chi connectivity index (χ0v) is 18.7. The fourth-order valence-electron chi connectivity index (χ4n) is 4.08. The molecule has 0 spiro atoms. The van der Waals surface area contributed by atoms with Crippen molar-refractivity contribution in [3.63, 3.8) is 0 Å². The lowest BCUT2D eigenvalue weighted by Gasteiger charge is -2.31. The van der Waals surface area contributed by atoms with Crippen LogP contribution in [0.15, 0.2) is 46.0 Å². The van der Waals surface area contributed by atoms with E-state index in [0.717, 1.165) is 37.2 Å². The van der Waals surface area contributed by atoms with Crippen LogP contribution in [0.25, 0.3) is 11.0 Å². The molecule has 2 heterocycles. The van der Waals surface area contributed by atoms with Gasteiger partial charge in [0.25, 0.3) is 5.91 Å². The number of ether oxygens (including phenoxy) is 1. The van der Waals surface area contributed by atoms with Gasteiger partial charge in [-0.3, -0.25) is 14.4 Å². The first kappa shape index (κ1) is 21.7. The first-order valence-corrected chi connectivity index (χ1v) is 10.8. The minimum Gasteiger partial charge on any atom is -0.484 e. The average molecular weight is 437 g/mol. The highest BCUT2D eigenvalue weighted by atomic mass is 16.5. The van der Waals surface area contributed by atoms with Crippen molar-refractivity contribution < 1.29 is 9.53 Å². The summed E-state index contributed by atoms with van der Waals surface area (Å²) in [5.74, 6) is 0.330. The molecule has 1 amide bonds. The lowest BCUT2D eigenvalue weighted by Crippen LogP contribution is -2.39. The maximum Gasteiger partial charge on any atom is 0.316 e. The van der Waals surface area contributed by atoms with Gasteiger partial charge in [-0.1, -0.05) is 17.7 Å². The number of fused-ring (bicyclic) bond motifs is 1. The van der Waals surface area contributed by atoms with Gasteiger partial charge in [0.15, 0.2) is 6.61 Å². The number of hydrogen-bond acceptors (Lipinski definition) is 5. The van der Waals surface area contributed by atoms with Gasteiger partial charge in [0.05, 0.1) is 22.4 Å². The molecule has 1 aromatic heterocycles. The maximum atomic E-state index is 12.7. The third-order valence-corrected chi connectivity index (χ3v) is 5.97. The molecule has 32 heavy (non-hydrogen) atoms. The summed E-state index contributed by atoms with van der Waals surface area (Å²) >= 11 is 0. The summed E-state index contributed by atoms with van der Waals surface area (Å²) < 4.78 is 8.32. The van der Waals surface area contributed by atoms with E-state index in [0.29, 0.717) is 22.5 Å². The number of rotatable bonds is 5. The van der Waals surface area contributed by atoms with Crippen molar-refractivity contribution in [3.05, 3.63) is 62.7 Å². The smallest absolute Gasteiger partial charge is 0.316 e. The van der Waals surface area contributed by atoms with Gasteiger partial charge in [0.2, 0.25) is 0 Å². The molecule has 2 aromatic carbocycles. The Morgan fingerprint density at radius 2 is 1.53 bits per heavy atom. The van der Waals surface area contributed by atoms with Gasteiger partial charge in [-0.05, 0) is 50.5 Å². The van der Waals surface area contributed by atoms with Gasteiger partial charge < -0.3 is 24.1 Å². The number of nitrogens with zero attached hydrogens (tertiary/aromatic N) is 3. The van der Waals surface area contributed by atoms with Crippen LogP contribution in [0.2, 0.25) is 0 Å². The molecule has 8 nitrogen and oxygen atoms in total. The molecule has 1 N–H and O–H groups in total. The fourth-order valence-corrected chi connectivity index (χ4v) is 4.08. The molecule has 3 aromatic rings. The molecule has 0 radical (unpaired) electrons. The van der Waals surface area contributed by atoms with Crippen molar-refractivity contribution in [3.8, 4) is 5.75 Å². The Hall–Kier alpha value is -3.55. The van der Waals surface area contributed by atoms with E-state index in [-0.39, 0.29) is 12.5 Å². The SMILES string of the molecule is Cc1ccc(OCC(=O)Nc2cc3c(cc2N2CCCCC2)n(C)c(=O)c(=O)n3C)cc1. The van der Waals surface area contributed by atoms with E-state index in [2.05, 4.69) is 10.2 Å². The average Bonchev–Trinajstić information content (AvgIpc) is 2.81. The molecule has 0 atom stereocenters. The molecule has 1 aliphatic heterocycles. The highest BCUT2D eigenvalue weighted by molar-refractivity contribution is 5.99. The van der Waals surface area contributed by atoms with E-state index in [4.69, 9.17) is 4.74 Å². The van der Waals surface area contributed by atoms with Crippen molar-refractivity contribution in [2.45, 2.75) is 26.2 Å². The Morgan fingerprint density at radius 1 is 0.938 bits per heavy atom. The van der Waals surface area contributed by atoms with Gasteiger partial charge in [-0.2, -0.15) is 0 Å². The van der Waals surface area contributed by atoms with Gasteiger partial charge in [0, 0.05) is 27.2 Å². The van der Waals surface area contributed by atoms with E-state index in [1.165, 1.54) is 15.6 Å². The topological polar surface area (TPSA) is 85.6 Å². The van der Waals surface area contributed by atoms with Crippen molar-refractivity contribution in [2.75, 3.05) is 29.9 Å². The van der Waals surface area contributed by atoms with Crippen molar-refractivity contribution in [2.24, 2.45) is 14.1 Å². The number of nitrogens with one attached hydrogen (secondary N) is 1. The van der Waals surface area contributed by atoms with Crippen LogP contribution in [0.4, 0.5) is 11.4 Å². The summed E-state index contributed by atoms with van der Waals surface area (Å²) in [6.45, 7) is 3.59. The predicted molar refractivity (Wildman–Crippen MR) is 126 cm³/mol. The number of piperidine rings is 1. The van der Waals surface area contributed by atoms with Crippen molar-refractivity contribution >= 4 is 28.3 Å². The van der Waals surface area contributed by atoms with E-state index in [1.54, 1.807) is 20.2 Å². The molecule has 1 aliphatic rings. The van der Waals surface area contributed by atoms with Gasteiger partial charge in [-0.15, -0.1) is 0 Å². The number of aromatic nitrogens is 2. The van der Waals surface area contributed by atoms with Crippen LogP contribution in [0.1, 0.15) is 24.8 Å². The molecule has 8 heteroatoms. The number of aryl methyl sites for hydroxylation is 3. The standard InChI is InChI=1S/C24H28N4O4/c1-16-7-9-17(10-8-16)32-15-22(29)25-18-13-20-21(27(3)24(31)23(30)26(20)2)14-19(18)28-11-5-4-6-12-28/h7-10,13-14H,4-6,11-12,15H2,1-3H3,(H,25,29). The number of amides is 1. The Kier molecular flexibility index (Phi) is 6.03. The van der Waals surface area contributed by atoms with Gasteiger partial charge in [-0.25, -0.2) is 0 Å².